The number of benzene rings is 1. The highest BCUT2D eigenvalue weighted by molar-refractivity contribution is 5.85. The topological polar surface area (TPSA) is 97.9 Å². The quantitative estimate of drug-likeness (QED) is 0.395. The van der Waals surface area contributed by atoms with Crippen molar-refractivity contribution >= 4 is 11.8 Å². The van der Waals surface area contributed by atoms with Gasteiger partial charge in [0.2, 0.25) is 0 Å². The van der Waals surface area contributed by atoms with Crippen molar-refractivity contribution in [3.8, 4) is 17.0 Å². The number of pyridine rings is 1. The van der Waals surface area contributed by atoms with E-state index in [1.807, 2.05) is 6.07 Å². The van der Waals surface area contributed by atoms with E-state index in [0.29, 0.717) is 17.1 Å². The first-order valence-corrected chi connectivity index (χ1v) is 12.6. The van der Waals surface area contributed by atoms with Crippen LogP contribution in [0, 0.1) is 0 Å². The van der Waals surface area contributed by atoms with E-state index in [1.165, 1.54) is 12.1 Å². The normalized spacial score (nSPS) is 23.0. The van der Waals surface area contributed by atoms with Crippen molar-refractivity contribution in [2.75, 3.05) is 4.90 Å². The van der Waals surface area contributed by atoms with Gasteiger partial charge in [-0.15, -0.1) is 0 Å². The van der Waals surface area contributed by atoms with Crippen molar-refractivity contribution in [2.45, 2.75) is 75.8 Å². The number of aromatic carboxylic acids is 1. The third-order valence-corrected chi connectivity index (χ3v) is 7.50. The lowest BCUT2D eigenvalue weighted by Crippen LogP contribution is -2.46. The average Bonchev–Trinajstić information content (AvgIpc) is 3.59. The largest absolute Gasteiger partial charge is 0.477 e. The van der Waals surface area contributed by atoms with E-state index in [1.54, 1.807) is 24.3 Å². The lowest BCUT2D eigenvalue weighted by Gasteiger charge is -2.39. The molecule has 194 valence electrons. The van der Waals surface area contributed by atoms with Gasteiger partial charge in [-0.05, 0) is 62.8 Å². The van der Waals surface area contributed by atoms with E-state index in [9.17, 15) is 18.7 Å². The fourth-order valence-electron chi connectivity index (χ4n) is 5.73. The van der Waals surface area contributed by atoms with Crippen molar-refractivity contribution in [1.82, 2.24) is 10.1 Å². The Labute approximate surface area is 212 Å². The fraction of sp³-hybridized carbons (Fsp3) is 0.444. The zero-order valence-corrected chi connectivity index (χ0v) is 20.1. The Bertz CT molecular complexity index is 1280. The van der Waals surface area contributed by atoms with Gasteiger partial charge in [-0.1, -0.05) is 23.4 Å². The second-order valence-electron chi connectivity index (χ2n) is 9.91. The number of fused-ring (bicyclic) bond motifs is 2. The third kappa shape index (κ3) is 4.77. The maximum atomic E-state index is 13.0. The minimum absolute atomic E-state index is 0.00114. The van der Waals surface area contributed by atoms with Crippen LogP contribution in [0.15, 0.2) is 47.0 Å². The molecule has 8 nitrogen and oxygen atoms in total. The molecular formula is C27H27F2N3O5. The molecule has 1 unspecified atom stereocenters. The molecule has 3 aliphatic rings. The number of ether oxygens (including phenoxy) is 2. The number of alkyl halides is 2. The molecule has 2 saturated heterocycles. The summed E-state index contributed by atoms with van der Waals surface area (Å²) < 4.78 is 42.9. The number of carbonyl (C=O) groups is 1. The molecule has 1 saturated carbocycles. The summed E-state index contributed by atoms with van der Waals surface area (Å²) in [6.07, 6.45) is 5.57. The predicted octanol–water partition coefficient (Wildman–Crippen LogP) is 5.63. The van der Waals surface area contributed by atoms with Crippen LogP contribution < -0.4 is 9.64 Å². The summed E-state index contributed by atoms with van der Waals surface area (Å²) in [5.41, 5.74) is 1.77. The molecule has 3 aromatic rings. The summed E-state index contributed by atoms with van der Waals surface area (Å²) in [7, 11) is 0. The Kier molecular flexibility index (Phi) is 6.27. The molecular weight excluding hydrogens is 484 g/mol. The second kappa shape index (κ2) is 9.74. The van der Waals surface area contributed by atoms with E-state index >= 15 is 0 Å². The van der Waals surface area contributed by atoms with Gasteiger partial charge in [-0.3, -0.25) is 0 Å². The first-order valence-electron chi connectivity index (χ1n) is 12.6. The summed E-state index contributed by atoms with van der Waals surface area (Å²) >= 11 is 0. The Hall–Kier alpha value is -3.53. The van der Waals surface area contributed by atoms with Crippen LogP contribution >= 0.6 is 0 Å². The number of carboxylic acid groups (broad SMARTS) is 1. The SMILES string of the molecule is O=C(O)c1cccc(N2[C@@H]3CC[C@H]2CC(OCc2c(-c4ccccc4OC(F)F)noc2C2CC2)C3)n1. The van der Waals surface area contributed by atoms with Crippen LogP contribution in [0.3, 0.4) is 0 Å². The molecule has 10 heteroatoms. The number of piperidine rings is 1. The summed E-state index contributed by atoms with van der Waals surface area (Å²) in [4.78, 5) is 18.0. The summed E-state index contributed by atoms with van der Waals surface area (Å²) in [5.74, 6) is 0.741. The second-order valence-corrected chi connectivity index (χ2v) is 9.91. The number of carboxylic acids is 1. The van der Waals surface area contributed by atoms with Crippen LogP contribution in [0.1, 0.15) is 66.3 Å². The molecule has 2 aromatic heterocycles. The van der Waals surface area contributed by atoms with E-state index in [-0.39, 0.29) is 42.2 Å². The molecule has 1 N–H and O–H groups in total. The van der Waals surface area contributed by atoms with Gasteiger partial charge in [0.05, 0.1) is 12.7 Å². The van der Waals surface area contributed by atoms with Gasteiger partial charge in [-0.2, -0.15) is 8.78 Å². The standard InChI is InChI=1S/C27H27F2N3O5/c28-27(29)36-22-6-2-1-4-19(22)24-20(25(37-31-24)15-8-9-15)14-35-18-12-16-10-11-17(13-18)32(16)23-7-3-5-21(30-23)26(33)34/h1-7,15-18,27H,8-14H2,(H,33,34)/t16-,17+,18?. The van der Waals surface area contributed by atoms with Crippen LogP contribution in [-0.2, 0) is 11.3 Å². The molecule has 0 amide bonds. The Morgan fingerprint density at radius 1 is 1.08 bits per heavy atom. The van der Waals surface area contributed by atoms with Crippen molar-refractivity contribution in [3.63, 3.8) is 0 Å². The number of para-hydroxylation sites is 1. The zero-order chi connectivity index (χ0) is 25.5. The van der Waals surface area contributed by atoms with E-state index in [0.717, 1.165) is 49.8 Å². The van der Waals surface area contributed by atoms with E-state index < -0.39 is 12.6 Å². The predicted molar refractivity (Wildman–Crippen MR) is 129 cm³/mol. The van der Waals surface area contributed by atoms with Crippen LogP contribution in [-0.4, -0.2) is 46.0 Å². The molecule has 4 heterocycles. The Morgan fingerprint density at radius 3 is 2.54 bits per heavy atom. The third-order valence-electron chi connectivity index (χ3n) is 7.50. The lowest BCUT2D eigenvalue weighted by molar-refractivity contribution is -0.0494. The molecule has 6 rings (SSSR count). The highest BCUT2D eigenvalue weighted by atomic mass is 19.3. The zero-order valence-electron chi connectivity index (χ0n) is 20.1. The number of hydrogen-bond acceptors (Lipinski definition) is 7. The summed E-state index contributed by atoms with van der Waals surface area (Å²) in [5, 5.41) is 13.6. The monoisotopic (exact) mass is 511 g/mol. The van der Waals surface area contributed by atoms with Crippen LogP contribution in [0.4, 0.5) is 14.6 Å². The van der Waals surface area contributed by atoms with E-state index in [4.69, 9.17) is 14.0 Å². The van der Waals surface area contributed by atoms with Gasteiger partial charge in [-0.25, -0.2) is 9.78 Å². The highest BCUT2D eigenvalue weighted by Crippen LogP contribution is 2.46. The molecule has 0 spiro atoms. The molecule has 3 fully saturated rings. The number of anilines is 1. The van der Waals surface area contributed by atoms with E-state index in [2.05, 4.69) is 15.0 Å². The number of halogens is 2. The minimum Gasteiger partial charge on any atom is -0.477 e. The molecule has 0 radical (unpaired) electrons. The molecule has 1 aliphatic carbocycles. The number of aromatic nitrogens is 2. The molecule has 2 bridgehead atoms. The Balaban J connectivity index is 1.20. The summed E-state index contributed by atoms with van der Waals surface area (Å²) in [6.45, 7) is -2.67. The van der Waals surface area contributed by atoms with Gasteiger partial charge < -0.3 is 24.0 Å². The smallest absolute Gasteiger partial charge is 0.387 e. The van der Waals surface area contributed by atoms with Crippen molar-refractivity contribution in [1.29, 1.82) is 0 Å². The number of nitrogens with zero attached hydrogens (tertiary/aromatic N) is 3. The Morgan fingerprint density at radius 2 is 1.84 bits per heavy atom. The van der Waals surface area contributed by atoms with Gasteiger partial charge >= 0.3 is 12.6 Å². The molecule has 37 heavy (non-hydrogen) atoms. The van der Waals surface area contributed by atoms with Crippen LogP contribution in [0.5, 0.6) is 5.75 Å². The number of rotatable bonds is 9. The summed E-state index contributed by atoms with van der Waals surface area (Å²) in [6, 6.07) is 12.1. The maximum absolute atomic E-state index is 13.0. The fourth-order valence-corrected chi connectivity index (χ4v) is 5.73. The highest BCUT2D eigenvalue weighted by Gasteiger charge is 2.42. The van der Waals surface area contributed by atoms with Gasteiger partial charge in [0, 0.05) is 29.1 Å². The first-order chi connectivity index (χ1) is 18.0. The van der Waals surface area contributed by atoms with Crippen LogP contribution in [0.25, 0.3) is 11.3 Å². The van der Waals surface area contributed by atoms with Gasteiger partial charge in [0.15, 0.2) is 5.69 Å². The van der Waals surface area contributed by atoms with Gasteiger partial charge in [0.25, 0.3) is 0 Å². The maximum Gasteiger partial charge on any atom is 0.387 e. The van der Waals surface area contributed by atoms with Crippen LogP contribution in [0.2, 0.25) is 0 Å². The minimum atomic E-state index is -2.94. The van der Waals surface area contributed by atoms with Crippen molar-refractivity contribution in [3.05, 3.63) is 59.5 Å². The molecule has 3 atom stereocenters. The lowest BCUT2D eigenvalue weighted by atomic mass is 9.99. The molecule has 1 aromatic carbocycles. The van der Waals surface area contributed by atoms with Gasteiger partial charge in [0.1, 0.15) is 23.0 Å². The van der Waals surface area contributed by atoms with Crippen molar-refractivity contribution in [2.24, 2.45) is 0 Å². The van der Waals surface area contributed by atoms with Crippen molar-refractivity contribution < 1.29 is 32.7 Å². The molecule has 2 aliphatic heterocycles. The average molecular weight is 512 g/mol. The number of hydrogen-bond donors (Lipinski definition) is 1. The first kappa shape index (κ1) is 23.8.